The summed E-state index contributed by atoms with van der Waals surface area (Å²) in [7, 11) is 0. The molecule has 0 spiro atoms. The van der Waals surface area contributed by atoms with Crippen molar-refractivity contribution in [3.05, 3.63) is 180 Å². The molecule has 2 aliphatic rings. The van der Waals surface area contributed by atoms with Crippen molar-refractivity contribution in [3.8, 4) is 5.69 Å². The molecule has 0 unspecified atom stereocenters. The lowest BCUT2D eigenvalue weighted by Crippen LogP contribution is -2.60. The van der Waals surface area contributed by atoms with Gasteiger partial charge in [0.05, 0.1) is 16.6 Å². The van der Waals surface area contributed by atoms with Gasteiger partial charge >= 0.3 is 0 Å². The molecule has 0 bridgehead atoms. The van der Waals surface area contributed by atoms with Gasteiger partial charge in [-0.05, 0) is 122 Å². The predicted molar refractivity (Wildman–Crippen MR) is 294 cm³/mol. The summed E-state index contributed by atoms with van der Waals surface area (Å²) in [6.45, 7) is 20.8. The number of nitrogens with zero attached hydrogens (tertiary/aromatic N) is 3. The Hall–Kier alpha value is -7.02. The maximum atomic E-state index is 6.67. The molecule has 11 aromatic rings. The molecule has 0 saturated carbocycles. The standard InChI is InChI=1S/C62H54BN3OS/c1-60(2,3)37-24-28-40(29-25-37)64(41-30-26-38(27-31-41)61(4,5)6)42-32-33-46-49(36-42)65(48-20-15-22-53-56(48)43-16-10-12-21-52(43)67-53)50-34-39(62(7,8)9)35-51-57(50)63(46)47-19-14-18-45-55-44-17-11-13-23-54(44)68-59(55)66(51)58(45)47/h10-36H,1-9H3. The summed E-state index contributed by atoms with van der Waals surface area (Å²) >= 11 is 1.91. The monoisotopic (exact) mass is 899 g/mol. The molecule has 0 aliphatic carbocycles. The fourth-order valence-electron chi connectivity index (χ4n) is 11.3. The molecule has 8 aromatic carbocycles. The van der Waals surface area contributed by atoms with E-state index >= 15 is 0 Å². The first kappa shape index (κ1) is 41.2. The normalized spacial score (nSPS) is 13.6. The molecule has 13 rings (SSSR count). The van der Waals surface area contributed by atoms with Gasteiger partial charge in [-0.3, -0.25) is 0 Å². The fourth-order valence-corrected chi connectivity index (χ4v) is 12.6. The lowest BCUT2D eigenvalue weighted by molar-refractivity contribution is 0.590. The second-order valence-corrected chi connectivity index (χ2v) is 23.3. The van der Waals surface area contributed by atoms with Crippen LogP contribution < -0.4 is 26.2 Å². The molecule has 0 fully saturated rings. The summed E-state index contributed by atoms with van der Waals surface area (Å²) in [5.41, 5.74) is 19.0. The molecule has 68 heavy (non-hydrogen) atoms. The molecule has 0 N–H and O–H groups in total. The number of aromatic nitrogens is 1. The van der Waals surface area contributed by atoms with Crippen LogP contribution in [-0.4, -0.2) is 11.3 Å². The number of hydrogen-bond donors (Lipinski definition) is 0. The van der Waals surface area contributed by atoms with Crippen molar-refractivity contribution >= 4 is 122 Å². The van der Waals surface area contributed by atoms with Crippen LogP contribution in [0.1, 0.15) is 79.0 Å². The largest absolute Gasteiger partial charge is 0.456 e. The Morgan fingerprint density at radius 2 is 1.04 bits per heavy atom. The second-order valence-electron chi connectivity index (χ2n) is 22.2. The van der Waals surface area contributed by atoms with Gasteiger partial charge in [0.1, 0.15) is 16.0 Å². The summed E-state index contributed by atoms with van der Waals surface area (Å²) in [5, 5.41) is 6.23. The Bertz CT molecular complexity index is 3810. The van der Waals surface area contributed by atoms with Crippen LogP contribution in [0.25, 0.3) is 58.8 Å². The first-order valence-electron chi connectivity index (χ1n) is 24.1. The van der Waals surface area contributed by atoms with Gasteiger partial charge in [-0.25, -0.2) is 0 Å². The van der Waals surface area contributed by atoms with Crippen molar-refractivity contribution in [1.29, 1.82) is 0 Å². The van der Waals surface area contributed by atoms with Crippen LogP contribution in [0.5, 0.6) is 0 Å². The van der Waals surface area contributed by atoms with Crippen LogP contribution in [0, 0.1) is 0 Å². The Morgan fingerprint density at radius 1 is 0.456 bits per heavy atom. The molecule has 0 saturated heterocycles. The number of thiophene rings is 1. The van der Waals surface area contributed by atoms with Crippen molar-refractivity contribution in [2.45, 2.75) is 78.6 Å². The molecule has 332 valence electrons. The molecule has 0 atom stereocenters. The van der Waals surface area contributed by atoms with E-state index in [0.29, 0.717) is 0 Å². The molecule has 6 heteroatoms. The van der Waals surface area contributed by atoms with E-state index in [9.17, 15) is 0 Å². The Kier molecular flexibility index (Phi) is 8.64. The van der Waals surface area contributed by atoms with Crippen LogP contribution >= 0.6 is 11.3 Å². The number of para-hydroxylation sites is 2. The molecule has 0 amide bonds. The zero-order valence-electron chi connectivity index (χ0n) is 40.3. The van der Waals surface area contributed by atoms with E-state index in [1.54, 1.807) is 0 Å². The third kappa shape index (κ3) is 5.99. The van der Waals surface area contributed by atoms with Crippen molar-refractivity contribution in [2.75, 3.05) is 9.80 Å². The van der Waals surface area contributed by atoms with Crippen LogP contribution in [-0.2, 0) is 16.2 Å². The number of fused-ring (bicyclic) bond motifs is 12. The van der Waals surface area contributed by atoms with Gasteiger partial charge in [0.2, 0.25) is 0 Å². The number of anilines is 6. The summed E-state index contributed by atoms with van der Waals surface area (Å²) in [4.78, 5) is 6.35. The lowest BCUT2D eigenvalue weighted by atomic mass is 9.33. The summed E-state index contributed by atoms with van der Waals surface area (Å²) < 4.78 is 10.6. The van der Waals surface area contributed by atoms with Crippen molar-refractivity contribution < 1.29 is 4.42 Å². The van der Waals surface area contributed by atoms with E-state index in [2.05, 4.69) is 240 Å². The van der Waals surface area contributed by atoms with Crippen LogP contribution in [0.15, 0.2) is 168 Å². The van der Waals surface area contributed by atoms with Gasteiger partial charge in [0.25, 0.3) is 6.71 Å². The molecule has 5 heterocycles. The molecule has 3 aromatic heterocycles. The van der Waals surface area contributed by atoms with Gasteiger partial charge < -0.3 is 18.8 Å². The highest BCUT2D eigenvalue weighted by atomic mass is 32.1. The minimum absolute atomic E-state index is 0.00771. The zero-order valence-corrected chi connectivity index (χ0v) is 41.1. The Balaban J connectivity index is 1.15. The number of rotatable bonds is 4. The van der Waals surface area contributed by atoms with Gasteiger partial charge in [0.15, 0.2) is 0 Å². The van der Waals surface area contributed by atoms with Crippen LogP contribution in [0.4, 0.5) is 34.1 Å². The number of benzene rings is 8. The maximum Gasteiger partial charge on any atom is 0.252 e. The number of furan rings is 1. The molecule has 0 radical (unpaired) electrons. The average Bonchev–Trinajstić information content (AvgIpc) is 3.99. The van der Waals surface area contributed by atoms with Gasteiger partial charge in [-0.15, -0.1) is 11.3 Å². The first-order chi connectivity index (χ1) is 32.6. The highest BCUT2D eigenvalue weighted by Gasteiger charge is 2.44. The fraction of sp³-hybridized carbons (Fsp3) is 0.194. The minimum atomic E-state index is -0.138. The summed E-state index contributed by atoms with van der Waals surface area (Å²) in [6.07, 6.45) is 0. The van der Waals surface area contributed by atoms with Gasteiger partial charge in [0, 0.05) is 60.4 Å². The third-order valence-corrected chi connectivity index (χ3v) is 16.0. The predicted octanol–water partition coefficient (Wildman–Crippen LogP) is 15.9. The Labute approximate surface area is 403 Å². The van der Waals surface area contributed by atoms with Gasteiger partial charge in [-0.1, -0.05) is 153 Å². The first-order valence-corrected chi connectivity index (χ1v) is 24.9. The zero-order chi connectivity index (χ0) is 46.6. The molecular weight excluding hydrogens is 846 g/mol. The molecule has 4 nitrogen and oxygen atoms in total. The second kappa shape index (κ2) is 14.3. The maximum absolute atomic E-state index is 6.67. The quantitative estimate of drug-likeness (QED) is 0.165. The van der Waals surface area contributed by atoms with Crippen molar-refractivity contribution in [2.24, 2.45) is 0 Å². The van der Waals surface area contributed by atoms with Crippen LogP contribution in [0.2, 0.25) is 0 Å². The van der Waals surface area contributed by atoms with E-state index in [-0.39, 0.29) is 23.0 Å². The summed E-state index contributed by atoms with van der Waals surface area (Å²) in [5.74, 6) is 0. The van der Waals surface area contributed by atoms with E-state index in [0.717, 1.165) is 44.7 Å². The SMILES string of the molecule is CC(C)(C)c1ccc(N(c2ccc(C(C)(C)C)cc2)c2ccc3c(c2)N(c2cccc4oc5ccccc5c24)c2cc(C(C)(C)C)cc4c2B3c2cccc3c5c6ccccc6sc5n-4c23)cc1. The molecular formula is C62H54BN3OS. The topological polar surface area (TPSA) is 24.6 Å². The average molecular weight is 900 g/mol. The minimum Gasteiger partial charge on any atom is -0.456 e. The summed E-state index contributed by atoms with van der Waals surface area (Å²) in [6, 6.07) is 61.8. The van der Waals surface area contributed by atoms with E-state index in [4.69, 9.17) is 4.42 Å². The van der Waals surface area contributed by atoms with Crippen molar-refractivity contribution in [1.82, 2.24) is 4.57 Å². The highest BCUT2D eigenvalue weighted by molar-refractivity contribution is 7.26. The van der Waals surface area contributed by atoms with Crippen LogP contribution in [0.3, 0.4) is 0 Å². The van der Waals surface area contributed by atoms with E-state index in [1.807, 2.05) is 11.3 Å². The highest BCUT2D eigenvalue weighted by Crippen LogP contribution is 2.50. The smallest absolute Gasteiger partial charge is 0.252 e. The number of hydrogen-bond acceptors (Lipinski definition) is 4. The Morgan fingerprint density at radius 3 is 1.74 bits per heavy atom. The van der Waals surface area contributed by atoms with E-state index < -0.39 is 0 Å². The lowest BCUT2D eigenvalue weighted by Gasteiger charge is -2.42. The third-order valence-electron chi connectivity index (χ3n) is 14.9. The van der Waals surface area contributed by atoms with Gasteiger partial charge in [-0.2, -0.15) is 0 Å². The van der Waals surface area contributed by atoms with Crippen molar-refractivity contribution in [3.63, 3.8) is 0 Å². The van der Waals surface area contributed by atoms with E-state index in [1.165, 1.54) is 81.3 Å². The molecule has 2 aliphatic heterocycles.